The third-order valence-electron chi connectivity index (χ3n) is 4.49. The molecule has 1 N–H and O–H groups in total. The SMILES string of the molecule is Cc1ccc(C)c(-c2ccc(N3CCC(C(=O)O)CC3)nn2)c1. The number of piperidine rings is 1. The fourth-order valence-corrected chi connectivity index (χ4v) is 3.00. The van der Waals surface area contributed by atoms with Crippen molar-refractivity contribution in [2.45, 2.75) is 26.7 Å². The molecule has 0 spiro atoms. The Balaban J connectivity index is 1.75. The van der Waals surface area contributed by atoms with Gasteiger partial charge in [0.25, 0.3) is 0 Å². The predicted octanol–water partition coefficient (Wildman–Crippen LogP) is 3.06. The van der Waals surface area contributed by atoms with Crippen LogP contribution in [0.5, 0.6) is 0 Å². The molecule has 1 fully saturated rings. The molecule has 2 heterocycles. The van der Waals surface area contributed by atoms with Crippen LogP contribution >= 0.6 is 0 Å². The lowest BCUT2D eigenvalue weighted by Crippen LogP contribution is -2.36. The smallest absolute Gasteiger partial charge is 0.306 e. The molecule has 3 rings (SSSR count). The summed E-state index contributed by atoms with van der Waals surface area (Å²) in [6.07, 6.45) is 1.32. The first-order valence-corrected chi connectivity index (χ1v) is 7.93. The number of nitrogens with zero attached hydrogens (tertiary/aromatic N) is 3. The Kier molecular flexibility index (Phi) is 4.28. The summed E-state index contributed by atoms with van der Waals surface area (Å²) in [6.45, 7) is 5.57. The van der Waals surface area contributed by atoms with Crippen molar-refractivity contribution in [1.82, 2.24) is 10.2 Å². The van der Waals surface area contributed by atoms with Crippen molar-refractivity contribution >= 4 is 11.8 Å². The standard InChI is InChI=1S/C18H21N3O2/c1-12-3-4-13(2)15(11-12)16-5-6-17(20-19-16)21-9-7-14(8-10-21)18(22)23/h3-6,11,14H,7-10H2,1-2H3,(H,22,23). The van der Waals surface area contributed by atoms with Crippen molar-refractivity contribution in [1.29, 1.82) is 0 Å². The minimum absolute atomic E-state index is 0.228. The van der Waals surface area contributed by atoms with Gasteiger partial charge in [0, 0.05) is 18.7 Å². The first-order chi connectivity index (χ1) is 11.0. The largest absolute Gasteiger partial charge is 0.481 e. The zero-order valence-electron chi connectivity index (χ0n) is 13.5. The fraction of sp³-hybridized carbons (Fsp3) is 0.389. The Morgan fingerprint density at radius 2 is 1.87 bits per heavy atom. The number of rotatable bonds is 3. The van der Waals surface area contributed by atoms with Crippen molar-refractivity contribution in [3.05, 3.63) is 41.5 Å². The van der Waals surface area contributed by atoms with E-state index >= 15 is 0 Å². The fourth-order valence-electron chi connectivity index (χ4n) is 3.00. The van der Waals surface area contributed by atoms with Gasteiger partial charge in [0.05, 0.1) is 11.6 Å². The Labute approximate surface area is 136 Å². The van der Waals surface area contributed by atoms with Crippen LogP contribution in [0.1, 0.15) is 24.0 Å². The second-order valence-corrected chi connectivity index (χ2v) is 6.19. The number of carboxylic acids is 1. The van der Waals surface area contributed by atoms with Gasteiger partial charge in [-0.15, -0.1) is 10.2 Å². The molecule has 0 bridgehead atoms. The Morgan fingerprint density at radius 3 is 2.48 bits per heavy atom. The van der Waals surface area contributed by atoms with Gasteiger partial charge in [-0.1, -0.05) is 17.7 Å². The molecule has 0 amide bonds. The van der Waals surface area contributed by atoms with Crippen LogP contribution in [0.25, 0.3) is 11.3 Å². The Morgan fingerprint density at radius 1 is 1.13 bits per heavy atom. The van der Waals surface area contributed by atoms with E-state index in [0.717, 1.165) is 17.1 Å². The topological polar surface area (TPSA) is 66.3 Å². The zero-order valence-corrected chi connectivity index (χ0v) is 13.5. The molecular weight excluding hydrogens is 290 g/mol. The second kappa shape index (κ2) is 6.36. The molecule has 5 nitrogen and oxygen atoms in total. The van der Waals surface area contributed by atoms with Crippen molar-refractivity contribution < 1.29 is 9.90 Å². The van der Waals surface area contributed by atoms with E-state index in [9.17, 15) is 4.79 Å². The van der Waals surface area contributed by atoms with Gasteiger partial charge >= 0.3 is 5.97 Å². The average molecular weight is 311 g/mol. The Bertz CT molecular complexity index is 705. The van der Waals surface area contributed by atoms with Gasteiger partial charge in [0.1, 0.15) is 0 Å². The number of carboxylic acid groups (broad SMARTS) is 1. The number of hydrogen-bond acceptors (Lipinski definition) is 4. The summed E-state index contributed by atoms with van der Waals surface area (Å²) >= 11 is 0. The molecule has 1 aliphatic heterocycles. The summed E-state index contributed by atoms with van der Waals surface area (Å²) in [6, 6.07) is 10.3. The summed E-state index contributed by atoms with van der Waals surface area (Å²) in [5.41, 5.74) is 4.36. The molecule has 1 aliphatic rings. The summed E-state index contributed by atoms with van der Waals surface area (Å²) in [5, 5.41) is 17.8. The molecule has 0 unspecified atom stereocenters. The minimum atomic E-state index is -0.694. The molecule has 2 aromatic rings. The van der Waals surface area contributed by atoms with Crippen LogP contribution in [0, 0.1) is 19.8 Å². The van der Waals surface area contributed by atoms with Crippen LogP contribution in [0.3, 0.4) is 0 Å². The maximum atomic E-state index is 11.0. The highest BCUT2D eigenvalue weighted by Gasteiger charge is 2.25. The molecule has 1 aromatic heterocycles. The van der Waals surface area contributed by atoms with E-state index in [-0.39, 0.29) is 5.92 Å². The number of aromatic nitrogens is 2. The maximum absolute atomic E-state index is 11.0. The number of aryl methyl sites for hydroxylation is 2. The quantitative estimate of drug-likeness (QED) is 0.943. The van der Waals surface area contributed by atoms with E-state index in [4.69, 9.17) is 5.11 Å². The lowest BCUT2D eigenvalue weighted by Gasteiger charge is -2.30. The number of hydrogen-bond donors (Lipinski definition) is 1. The molecule has 0 saturated carbocycles. The first kappa shape index (κ1) is 15.5. The predicted molar refractivity (Wildman–Crippen MR) is 89.5 cm³/mol. The number of anilines is 1. The second-order valence-electron chi connectivity index (χ2n) is 6.19. The van der Waals surface area contributed by atoms with Crippen molar-refractivity contribution in [2.75, 3.05) is 18.0 Å². The van der Waals surface area contributed by atoms with Gasteiger partial charge in [-0.25, -0.2) is 0 Å². The molecule has 120 valence electrons. The van der Waals surface area contributed by atoms with Gasteiger partial charge in [0.15, 0.2) is 5.82 Å². The summed E-state index contributed by atoms with van der Waals surface area (Å²) in [7, 11) is 0. The highest BCUT2D eigenvalue weighted by Crippen LogP contribution is 2.25. The monoisotopic (exact) mass is 311 g/mol. The van der Waals surface area contributed by atoms with Crippen molar-refractivity contribution in [3.8, 4) is 11.3 Å². The molecule has 1 saturated heterocycles. The van der Waals surface area contributed by atoms with Gasteiger partial charge in [-0.05, 0) is 50.5 Å². The molecule has 23 heavy (non-hydrogen) atoms. The van der Waals surface area contributed by atoms with Gasteiger partial charge < -0.3 is 10.0 Å². The van der Waals surface area contributed by atoms with Crippen LogP contribution in [0.15, 0.2) is 30.3 Å². The highest BCUT2D eigenvalue weighted by atomic mass is 16.4. The van der Waals surface area contributed by atoms with E-state index in [1.54, 1.807) is 0 Å². The van der Waals surface area contributed by atoms with E-state index < -0.39 is 5.97 Å². The third-order valence-corrected chi connectivity index (χ3v) is 4.49. The normalized spacial score (nSPS) is 15.7. The summed E-state index contributed by atoms with van der Waals surface area (Å²) < 4.78 is 0. The van der Waals surface area contributed by atoms with Crippen LogP contribution in [-0.2, 0) is 4.79 Å². The van der Waals surface area contributed by atoms with Gasteiger partial charge in [-0.2, -0.15) is 0 Å². The lowest BCUT2D eigenvalue weighted by molar-refractivity contribution is -0.142. The minimum Gasteiger partial charge on any atom is -0.481 e. The van der Waals surface area contributed by atoms with E-state index in [1.807, 2.05) is 12.1 Å². The van der Waals surface area contributed by atoms with E-state index in [2.05, 4.69) is 47.1 Å². The van der Waals surface area contributed by atoms with Crippen LogP contribution in [0.2, 0.25) is 0 Å². The number of benzene rings is 1. The van der Waals surface area contributed by atoms with Crippen LogP contribution < -0.4 is 4.90 Å². The van der Waals surface area contributed by atoms with Crippen molar-refractivity contribution in [2.24, 2.45) is 5.92 Å². The van der Waals surface area contributed by atoms with Crippen LogP contribution in [-0.4, -0.2) is 34.4 Å². The molecule has 1 aromatic carbocycles. The first-order valence-electron chi connectivity index (χ1n) is 7.93. The molecule has 0 aliphatic carbocycles. The average Bonchev–Trinajstić information content (AvgIpc) is 2.57. The molecular formula is C18H21N3O2. The number of aliphatic carboxylic acids is 1. The van der Waals surface area contributed by atoms with Crippen molar-refractivity contribution in [3.63, 3.8) is 0 Å². The van der Waals surface area contributed by atoms with Crippen LogP contribution in [0.4, 0.5) is 5.82 Å². The zero-order chi connectivity index (χ0) is 16.4. The summed E-state index contributed by atoms with van der Waals surface area (Å²) in [5.74, 6) is -0.0997. The van der Waals surface area contributed by atoms with E-state index in [0.29, 0.717) is 25.9 Å². The van der Waals surface area contributed by atoms with Gasteiger partial charge in [0.2, 0.25) is 0 Å². The van der Waals surface area contributed by atoms with Gasteiger partial charge in [-0.3, -0.25) is 4.79 Å². The molecule has 0 atom stereocenters. The number of carbonyl (C=O) groups is 1. The lowest BCUT2D eigenvalue weighted by atomic mass is 9.97. The third kappa shape index (κ3) is 3.33. The highest BCUT2D eigenvalue weighted by molar-refractivity contribution is 5.70. The molecule has 0 radical (unpaired) electrons. The molecule has 5 heteroatoms. The Hall–Kier alpha value is -2.43. The van der Waals surface area contributed by atoms with E-state index in [1.165, 1.54) is 11.1 Å². The maximum Gasteiger partial charge on any atom is 0.306 e. The summed E-state index contributed by atoms with van der Waals surface area (Å²) in [4.78, 5) is 13.1.